The second-order valence-corrected chi connectivity index (χ2v) is 3.95. The molecule has 0 aliphatic carbocycles. The Bertz CT molecular complexity index is 142. The van der Waals surface area contributed by atoms with E-state index in [1.165, 1.54) is 6.54 Å². The Morgan fingerprint density at radius 1 is 1.45 bits per heavy atom. The van der Waals surface area contributed by atoms with Crippen molar-refractivity contribution in [2.45, 2.75) is 19.8 Å². The largest absolute Gasteiger partial charge is 0.315 e. The van der Waals surface area contributed by atoms with Gasteiger partial charge in [0.2, 0.25) is 0 Å². The van der Waals surface area contributed by atoms with Crippen LogP contribution in [0, 0.1) is 0 Å². The van der Waals surface area contributed by atoms with E-state index in [1.54, 1.807) is 0 Å². The number of piperidine rings is 1. The van der Waals surface area contributed by atoms with Gasteiger partial charge in [-0.05, 0) is 29.5 Å². The molecule has 1 aliphatic rings. The second kappa shape index (κ2) is 3.85. The normalized spacial score (nSPS) is 23.6. The van der Waals surface area contributed by atoms with Gasteiger partial charge in [0.05, 0.1) is 32.5 Å². The summed E-state index contributed by atoms with van der Waals surface area (Å²) in [5.74, 6) is 0.456. The summed E-state index contributed by atoms with van der Waals surface area (Å²) in [5.41, 5.74) is 0. The standard InChI is InChI=1S/C8H15INO/c1-2-10(7-9)5-3-8(11)4-6-10/h2-7H2,1H3/q+1. The number of carbonyl (C=O) groups excluding carboxylic acids is 1. The van der Waals surface area contributed by atoms with Crippen LogP contribution in [0.1, 0.15) is 19.8 Å². The van der Waals surface area contributed by atoms with Gasteiger partial charge in [-0.25, -0.2) is 0 Å². The lowest BCUT2D eigenvalue weighted by Crippen LogP contribution is -2.52. The van der Waals surface area contributed by atoms with Gasteiger partial charge in [-0.1, -0.05) is 0 Å². The van der Waals surface area contributed by atoms with Gasteiger partial charge >= 0.3 is 0 Å². The van der Waals surface area contributed by atoms with Gasteiger partial charge in [0.25, 0.3) is 0 Å². The second-order valence-electron chi connectivity index (χ2n) is 3.26. The molecule has 2 nitrogen and oxygen atoms in total. The molecule has 0 aromatic carbocycles. The van der Waals surface area contributed by atoms with Crippen LogP contribution in [-0.2, 0) is 4.79 Å². The molecule has 0 spiro atoms. The van der Waals surface area contributed by atoms with Crippen LogP contribution in [-0.4, -0.2) is 34.5 Å². The summed E-state index contributed by atoms with van der Waals surface area (Å²) >= 11 is 2.43. The molecule has 0 saturated carbocycles. The van der Waals surface area contributed by atoms with Crippen LogP contribution in [0.15, 0.2) is 0 Å². The SMILES string of the molecule is CC[N+]1(CI)CCC(=O)CC1. The van der Waals surface area contributed by atoms with Crippen LogP contribution < -0.4 is 0 Å². The lowest BCUT2D eigenvalue weighted by molar-refractivity contribution is -0.912. The minimum atomic E-state index is 0.456. The van der Waals surface area contributed by atoms with E-state index >= 15 is 0 Å². The number of hydrogen-bond donors (Lipinski definition) is 0. The molecule has 0 aromatic heterocycles. The zero-order chi connectivity index (χ0) is 8.32. The Balaban J connectivity index is 2.52. The highest BCUT2D eigenvalue weighted by Crippen LogP contribution is 2.17. The fourth-order valence-electron chi connectivity index (χ4n) is 1.48. The van der Waals surface area contributed by atoms with Crippen LogP contribution in [0.5, 0.6) is 0 Å². The van der Waals surface area contributed by atoms with Crippen LogP contribution in [0.4, 0.5) is 0 Å². The molecule has 0 N–H and O–H groups in total. The number of carbonyl (C=O) groups is 1. The number of alkyl halides is 1. The number of Topliss-reactive ketones (excluding diaryl/α,β-unsaturated/α-hetero) is 1. The minimum Gasteiger partial charge on any atom is -0.315 e. The van der Waals surface area contributed by atoms with Gasteiger partial charge in [-0.2, -0.15) is 0 Å². The Kier molecular flexibility index (Phi) is 3.30. The molecule has 0 bridgehead atoms. The van der Waals surface area contributed by atoms with Crippen molar-refractivity contribution in [1.29, 1.82) is 0 Å². The molecule has 1 heterocycles. The molecule has 1 saturated heterocycles. The van der Waals surface area contributed by atoms with Crippen LogP contribution >= 0.6 is 22.6 Å². The van der Waals surface area contributed by atoms with Crippen molar-refractivity contribution in [3.05, 3.63) is 0 Å². The highest BCUT2D eigenvalue weighted by molar-refractivity contribution is 14.1. The molecule has 3 heteroatoms. The first-order valence-corrected chi connectivity index (χ1v) is 5.68. The predicted molar refractivity (Wildman–Crippen MR) is 53.7 cm³/mol. The number of nitrogens with zero attached hydrogens (tertiary/aromatic N) is 1. The molecule has 1 rings (SSSR count). The highest BCUT2D eigenvalue weighted by atomic mass is 127. The maximum absolute atomic E-state index is 11.0. The smallest absolute Gasteiger partial charge is 0.144 e. The van der Waals surface area contributed by atoms with E-state index in [1.807, 2.05) is 0 Å². The summed E-state index contributed by atoms with van der Waals surface area (Å²) in [4.78, 5) is 11.0. The van der Waals surface area contributed by atoms with E-state index in [-0.39, 0.29) is 0 Å². The number of halogens is 1. The Hall–Kier alpha value is 0.360. The third-order valence-electron chi connectivity index (χ3n) is 2.65. The number of hydrogen-bond acceptors (Lipinski definition) is 1. The van der Waals surface area contributed by atoms with Crippen molar-refractivity contribution in [2.24, 2.45) is 0 Å². The molecule has 11 heavy (non-hydrogen) atoms. The fourth-order valence-corrected chi connectivity index (χ4v) is 2.65. The third kappa shape index (κ3) is 2.15. The molecule has 0 radical (unpaired) electrons. The molecule has 0 amide bonds. The summed E-state index contributed by atoms with van der Waals surface area (Å²) in [6, 6.07) is 0. The molecule has 1 aliphatic heterocycles. The molecule has 1 fully saturated rings. The maximum atomic E-state index is 11.0. The van der Waals surface area contributed by atoms with Crippen molar-refractivity contribution in [2.75, 3.05) is 24.2 Å². The van der Waals surface area contributed by atoms with Crippen molar-refractivity contribution in [1.82, 2.24) is 0 Å². The number of rotatable bonds is 2. The summed E-state index contributed by atoms with van der Waals surface area (Å²) < 4.78 is 2.30. The lowest BCUT2D eigenvalue weighted by Gasteiger charge is -2.38. The van der Waals surface area contributed by atoms with Crippen molar-refractivity contribution < 1.29 is 9.28 Å². The van der Waals surface area contributed by atoms with E-state index in [0.717, 1.165) is 35.0 Å². The first kappa shape index (κ1) is 9.45. The van der Waals surface area contributed by atoms with Crippen molar-refractivity contribution in [3.8, 4) is 0 Å². The number of quaternary nitrogens is 1. The lowest BCUT2D eigenvalue weighted by atomic mass is 10.1. The van der Waals surface area contributed by atoms with E-state index in [4.69, 9.17) is 0 Å². The zero-order valence-electron chi connectivity index (χ0n) is 6.98. The van der Waals surface area contributed by atoms with E-state index in [0.29, 0.717) is 5.78 Å². The minimum absolute atomic E-state index is 0.456. The monoisotopic (exact) mass is 268 g/mol. The summed E-state index contributed by atoms with van der Waals surface area (Å²) in [7, 11) is 0. The summed E-state index contributed by atoms with van der Waals surface area (Å²) in [5, 5.41) is 0. The van der Waals surface area contributed by atoms with Crippen molar-refractivity contribution >= 4 is 28.4 Å². The molecular weight excluding hydrogens is 253 g/mol. The topological polar surface area (TPSA) is 17.1 Å². The number of ketones is 1. The zero-order valence-corrected chi connectivity index (χ0v) is 9.13. The average Bonchev–Trinajstić information content (AvgIpc) is 2.07. The van der Waals surface area contributed by atoms with Gasteiger partial charge in [0.1, 0.15) is 10.3 Å². The molecule has 64 valence electrons. The predicted octanol–water partition coefficient (Wildman–Crippen LogP) is 1.58. The van der Waals surface area contributed by atoms with Crippen LogP contribution in [0.3, 0.4) is 0 Å². The van der Waals surface area contributed by atoms with Gasteiger partial charge in [-0.3, -0.25) is 4.79 Å². The van der Waals surface area contributed by atoms with Crippen LogP contribution in [0.25, 0.3) is 0 Å². The van der Waals surface area contributed by atoms with Crippen LogP contribution in [0.2, 0.25) is 0 Å². The quantitative estimate of drug-likeness (QED) is 0.321. The Labute approximate surface area is 81.7 Å². The first-order valence-electron chi connectivity index (χ1n) is 4.15. The van der Waals surface area contributed by atoms with Gasteiger partial charge in [0.15, 0.2) is 0 Å². The molecule has 0 aromatic rings. The van der Waals surface area contributed by atoms with Gasteiger partial charge < -0.3 is 4.48 Å². The average molecular weight is 268 g/mol. The maximum Gasteiger partial charge on any atom is 0.144 e. The molecule has 0 atom stereocenters. The summed E-state index contributed by atoms with van der Waals surface area (Å²) in [6.45, 7) is 5.53. The number of likely N-dealkylation sites (tertiary alicyclic amines) is 1. The Morgan fingerprint density at radius 2 is 2.00 bits per heavy atom. The summed E-state index contributed by atoms with van der Waals surface area (Å²) in [6.07, 6.45) is 1.60. The van der Waals surface area contributed by atoms with Gasteiger partial charge in [-0.15, -0.1) is 0 Å². The van der Waals surface area contributed by atoms with E-state index in [2.05, 4.69) is 29.5 Å². The van der Waals surface area contributed by atoms with E-state index in [9.17, 15) is 4.79 Å². The molecule has 0 unspecified atom stereocenters. The third-order valence-corrected chi connectivity index (χ3v) is 4.10. The Morgan fingerprint density at radius 3 is 2.36 bits per heavy atom. The molecular formula is C8H15INO+. The van der Waals surface area contributed by atoms with Gasteiger partial charge in [0, 0.05) is 0 Å². The van der Waals surface area contributed by atoms with E-state index < -0.39 is 0 Å². The first-order chi connectivity index (χ1) is 5.22. The van der Waals surface area contributed by atoms with Crippen molar-refractivity contribution in [3.63, 3.8) is 0 Å². The highest BCUT2D eigenvalue weighted by Gasteiger charge is 2.29. The fraction of sp³-hybridized carbons (Fsp3) is 0.875.